The van der Waals surface area contributed by atoms with E-state index >= 15 is 0 Å². The van der Waals surface area contributed by atoms with Crippen LogP contribution in [0.4, 0.5) is 0 Å². The van der Waals surface area contributed by atoms with Crippen molar-refractivity contribution in [3.8, 4) is 27.9 Å². The Bertz CT molecular complexity index is 2110. The molecule has 0 bridgehead atoms. The standard InChI is InChI=1S/C36H24N2/c1-2-8-24(9-3-1)25-14-18-28(19-15-25)38-35-13-7-5-11-31(35)32-22-26(17-21-36(32)38)27-16-20-30-29-10-4-6-12-33(29)37-34(30)23-27/h1-23,37H. The van der Waals surface area contributed by atoms with E-state index in [0.29, 0.717) is 0 Å². The van der Waals surface area contributed by atoms with Crippen molar-refractivity contribution < 1.29 is 0 Å². The van der Waals surface area contributed by atoms with Gasteiger partial charge >= 0.3 is 0 Å². The molecule has 0 atom stereocenters. The molecule has 8 aromatic rings. The van der Waals surface area contributed by atoms with E-state index in [1.165, 1.54) is 71.6 Å². The highest BCUT2D eigenvalue weighted by Crippen LogP contribution is 2.36. The molecule has 1 N–H and O–H groups in total. The molecule has 0 fully saturated rings. The number of fused-ring (bicyclic) bond motifs is 6. The van der Waals surface area contributed by atoms with Gasteiger partial charge in [0.15, 0.2) is 0 Å². The number of hydrogen-bond donors (Lipinski definition) is 1. The Hall–Kier alpha value is -5.08. The van der Waals surface area contributed by atoms with E-state index in [1.54, 1.807) is 0 Å². The number of hydrogen-bond acceptors (Lipinski definition) is 0. The lowest BCUT2D eigenvalue weighted by atomic mass is 10.0. The van der Waals surface area contributed by atoms with Crippen molar-refractivity contribution in [3.63, 3.8) is 0 Å². The van der Waals surface area contributed by atoms with Crippen molar-refractivity contribution in [2.24, 2.45) is 0 Å². The monoisotopic (exact) mass is 484 g/mol. The highest BCUT2D eigenvalue weighted by atomic mass is 15.0. The van der Waals surface area contributed by atoms with Gasteiger partial charge in [-0.3, -0.25) is 0 Å². The van der Waals surface area contributed by atoms with Gasteiger partial charge in [0.1, 0.15) is 0 Å². The van der Waals surface area contributed by atoms with Crippen LogP contribution >= 0.6 is 0 Å². The Morgan fingerprint density at radius 2 is 0.974 bits per heavy atom. The molecule has 0 unspecified atom stereocenters. The van der Waals surface area contributed by atoms with Crippen molar-refractivity contribution in [1.29, 1.82) is 0 Å². The summed E-state index contributed by atoms with van der Waals surface area (Å²) in [5.74, 6) is 0. The highest BCUT2D eigenvalue weighted by molar-refractivity contribution is 6.11. The van der Waals surface area contributed by atoms with Gasteiger partial charge in [-0.1, -0.05) is 97.1 Å². The molecular formula is C36H24N2. The maximum absolute atomic E-state index is 3.59. The molecule has 0 spiro atoms. The summed E-state index contributed by atoms with van der Waals surface area (Å²) in [5, 5.41) is 5.07. The van der Waals surface area contributed by atoms with Gasteiger partial charge in [0.25, 0.3) is 0 Å². The SMILES string of the molecule is c1ccc(-c2ccc(-n3c4ccccc4c4cc(-c5ccc6c(c5)[nH]c5ccccc56)ccc43)cc2)cc1. The normalized spacial score (nSPS) is 11.7. The lowest BCUT2D eigenvalue weighted by Crippen LogP contribution is -1.93. The first-order valence-electron chi connectivity index (χ1n) is 13.0. The second-order valence-electron chi connectivity index (χ2n) is 9.93. The van der Waals surface area contributed by atoms with E-state index in [0.717, 1.165) is 0 Å². The molecule has 0 radical (unpaired) electrons. The minimum atomic E-state index is 1.17. The number of nitrogens with one attached hydrogen (secondary N) is 1. The van der Waals surface area contributed by atoms with Gasteiger partial charge < -0.3 is 9.55 Å². The molecule has 0 saturated heterocycles. The predicted molar refractivity (Wildman–Crippen MR) is 161 cm³/mol. The summed E-state index contributed by atoms with van der Waals surface area (Å²) in [6.07, 6.45) is 0. The Morgan fingerprint density at radius 3 is 1.84 bits per heavy atom. The molecule has 178 valence electrons. The molecule has 6 aromatic carbocycles. The summed E-state index contributed by atoms with van der Waals surface area (Å²) in [7, 11) is 0. The number of nitrogens with zero attached hydrogens (tertiary/aromatic N) is 1. The maximum atomic E-state index is 3.59. The highest BCUT2D eigenvalue weighted by Gasteiger charge is 2.14. The van der Waals surface area contributed by atoms with Gasteiger partial charge in [0.05, 0.1) is 11.0 Å². The average molecular weight is 485 g/mol. The number of benzene rings is 6. The van der Waals surface area contributed by atoms with E-state index in [1.807, 2.05) is 0 Å². The average Bonchev–Trinajstić information content (AvgIpc) is 3.52. The zero-order valence-corrected chi connectivity index (χ0v) is 20.7. The third-order valence-corrected chi connectivity index (χ3v) is 7.74. The lowest BCUT2D eigenvalue weighted by molar-refractivity contribution is 1.18. The molecule has 0 amide bonds. The largest absolute Gasteiger partial charge is 0.354 e. The van der Waals surface area contributed by atoms with Gasteiger partial charge in [0, 0.05) is 38.3 Å². The van der Waals surface area contributed by atoms with E-state index < -0.39 is 0 Å². The van der Waals surface area contributed by atoms with E-state index in [4.69, 9.17) is 0 Å². The lowest BCUT2D eigenvalue weighted by Gasteiger charge is -2.10. The zero-order valence-electron chi connectivity index (χ0n) is 20.7. The van der Waals surface area contributed by atoms with Crippen molar-refractivity contribution in [2.75, 3.05) is 0 Å². The van der Waals surface area contributed by atoms with Gasteiger partial charge in [-0.2, -0.15) is 0 Å². The zero-order chi connectivity index (χ0) is 25.1. The van der Waals surface area contributed by atoms with Crippen molar-refractivity contribution >= 4 is 43.6 Å². The fourth-order valence-corrected chi connectivity index (χ4v) is 5.90. The van der Waals surface area contributed by atoms with Crippen molar-refractivity contribution in [3.05, 3.63) is 140 Å². The number of aromatic nitrogens is 2. The molecule has 0 aliphatic rings. The Labute approximate surface area is 220 Å². The summed E-state index contributed by atoms with van der Waals surface area (Å²) in [6.45, 7) is 0. The minimum Gasteiger partial charge on any atom is -0.354 e. The van der Waals surface area contributed by atoms with Crippen LogP contribution in [0.1, 0.15) is 0 Å². The molecule has 2 heteroatoms. The molecule has 38 heavy (non-hydrogen) atoms. The van der Waals surface area contributed by atoms with E-state index in [-0.39, 0.29) is 0 Å². The molecule has 2 nitrogen and oxygen atoms in total. The topological polar surface area (TPSA) is 20.7 Å². The van der Waals surface area contributed by atoms with Crippen LogP contribution in [0.15, 0.2) is 140 Å². The van der Waals surface area contributed by atoms with Crippen LogP contribution in [0, 0.1) is 0 Å². The van der Waals surface area contributed by atoms with Crippen LogP contribution in [0.5, 0.6) is 0 Å². The second-order valence-corrected chi connectivity index (χ2v) is 9.93. The summed E-state index contributed by atoms with van der Waals surface area (Å²) in [5.41, 5.74) is 10.9. The predicted octanol–water partition coefficient (Wildman–Crippen LogP) is 9.75. The number of H-pyrrole nitrogens is 1. The second kappa shape index (κ2) is 8.22. The first kappa shape index (κ1) is 21.0. The van der Waals surface area contributed by atoms with Crippen LogP contribution in [0.3, 0.4) is 0 Å². The third kappa shape index (κ3) is 3.21. The number of aromatic amines is 1. The summed E-state index contributed by atoms with van der Waals surface area (Å²) in [4.78, 5) is 3.59. The smallest absolute Gasteiger partial charge is 0.0541 e. The Kier molecular flexibility index (Phi) is 4.55. The summed E-state index contributed by atoms with van der Waals surface area (Å²) < 4.78 is 2.38. The van der Waals surface area contributed by atoms with Gasteiger partial charge in [-0.15, -0.1) is 0 Å². The molecule has 8 rings (SSSR count). The quantitative estimate of drug-likeness (QED) is 0.258. The third-order valence-electron chi connectivity index (χ3n) is 7.74. The molecule has 0 saturated carbocycles. The Balaban J connectivity index is 1.28. The Morgan fingerprint density at radius 1 is 0.368 bits per heavy atom. The van der Waals surface area contributed by atoms with Crippen LogP contribution < -0.4 is 0 Å². The minimum absolute atomic E-state index is 1.17. The molecule has 2 aromatic heterocycles. The maximum Gasteiger partial charge on any atom is 0.0541 e. The van der Waals surface area contributed by atoms with E-state index in [9.17, 15) is 0 Å². The molecular weight excluding hydrogens is 460 g/mol. The number of rotatable bonds is 3. The van der Waals surface area contributed by atoms with Gasteiger partial charge in [-0.25, -0.2) is 0 Å². The first-order valence-corrected chi connectivity index (χ1v) is 13.0. The van der Waals surface area contributed by atoms with Crippen molar-refractivity contribution in [2.45, 2.75) is 0 Å². The van der Waals surface area contributed by atoms with Crippen LogP contribution in [0.25, 0.3) is 71.6 Å². The number of para-hydroxylation sites is 2. The molecule has 2 heterocycles. The van der Waals surface area contributed by atoms with E-state index in [2.05, 4.69) is 149 Å². The van der Waals surface area contributed by atoms with Gasteiger partial charge in [-0.05, 0) is 64.7 Å². The summed E-state index contributed by atoms with van der Waals surface area (Å²) >= 11 is 0. The van der Waals surface area contributed by atoms with Crippen LogP contribution in [-0.2, 0) is 0 Å². The van der Waals surface area contributed by atoms with Crippen LogP contribution in [-0.4, -0.2) is 9.55 Å². The van der Waals surface area contributed by atoms with Gasteiger partial charge in [0.2, 0.25) is 0 Å². The van der Waals surface area contributed by atoms with Crippen LogP contribution in [0.2, 0.25) is 0 Å². The fraction of sp³-hybridized carbons (Fsp3) is 0. The molecule has 0 aliphatic carbocycles. The molecule has 0 aliphatic heterocycles. The van der Waals surface area contributed by atoms with Crippen molar-refractivity contribution in [1.82, 2.24) is 9.55 Å². The fourth-order valence-electron chi connectivity index (χ4n) is 5.90. The first-order chi connectivity index (χ1) is 18.8. The summed E-state index contributed by atoms with van der Waals surface area (Å²) in [6, 6.07) is 50.3.